The Labute approximate surface area is 159 Å². The highest BCUT2D eigenvalue weighted by molar-refractivity contribution is 7.90. The van der Waals surface area contributed by atoms with Gasteiger partial charge in [0.05, 0.1) is 5.69 Å². The van der Waals surface area contributed by atoms with E-state index in [1.54, 1.807) is 0 Å². The fourth-order valence-corrected chi connectivity index (χ4v) is 6.16. The van der Waals surface area contributed by atoms with Gasteiger partial charge in [0.25, 0.3) is 10.0 Å². The minimum absolute atomic E-state index is 0.0797. The molecule has 1 unspecified atom stereocenters. The van der Waals surface area contributed by atoms with Crippen LogP contribution in [0, 0.1) is 5.92 Å². The Hall–Kier alpha value is -2.47. The first-order valence-corrected chi connectivity index (χ1v) is 10.9. The van der Waals surface area contributed by atoms with Gasteiger partial charge < -0.3 is 4.90 Å². The second kappa shape index (κ2) is 6.30. The lowest BCUT2D eigenvalue weighted by Crippen LogP contribution is -2.37. The van der Waals surface area contributed by atoms with Crippen molar-refractivity contribution in [2.24, 2.45) is 15.6 Å². The Bertz CT molecular complexity index is 1050. The molecule has 1 fully saturated rings. The maximum Gasteiger partial charge on any atom is 0.277 e. The molecular formula is C21H21N3O2S. The molecule has 0 radical (unpaired) electrons. The quantitative estimate of drug-likeness (QED) is 0.774. The second-order valence-corrected chi connectivity index (χ2v) is 9.21. The van der Waals surface area contributed by atoms with E-state index in [9.17, 15) is 8.42 Å². The topological polar surface area (TPSA) is 62.1 Å². The Kier molecular flexibility index (Phi) is 3.90. The number of fused-ring (bicyclic) bond motifs is 2. The molecular weight excluding hydrogens is 358 g/mol. The summed E-state index contributed by atoms with van der Waals surface area (Å²) in [4.78, 5) is 2.42. The van der Waals surface area contributed by atoms with Gasteiger partial charge in [0.1, 0.15) is 5.25 Å². The third kappa shape index (κ3) is 2.88. The van der Waals surface area contributed by atoms with Gasteiger partial charge >= 0.3 is 0 Å². The van der Waals surface area contributed by atoms with Crippen molar-refractivity contribution in [2.75, 3.05) is 13.1 Å². The van der Waals surface area contributed by atoms with Crippen molar-refractivity contribution in [3.8, 4) is 0 Å². The standard InChI is InChI=1S/C21H21N3O2S/c25-27(26)21(19-7-3-4-8-20(19)22-23-27)15-9-11-24(12-10-15)18-13-16-5-1-2-6-17(16)14-18/h1-8,13,15,21H,9-12,14H2. The zero-order valence-electron chi connectivity index (χ0n) is 15.0. The lowest BCUT2D eigenvalue weighted by Gasteiger charge is -2.37. The van der Waals surface area contributed by atoms with Crippen LogP contribution in [0.3, 0.4) is 0 Å². The summed E-state index contributed by atoms with van der Waals surface area (Å²) in [5.74, 6) is 0.0797. The minimum atomic E-state index is -3.59. The molecule has 5 nitrogen and oxygen atoms in total. The monoisotopic (exact) mass is 379 g/mol. The lowest BCUT2D eigenvalue weighted by atomic mass is 9.88. The van der Waals surface area contributed by atoms with Gasteiger partial charge in [0.2, 0.25) is 0 Å². The summed E-state index contributed by atoms with van der Waals surface area (Å²) in [5, 5.41) is 3.34. The summed E-state index contributed by atoms with van der Waals surface area (Å²) in [7, 11) is -3.59. The van der Waals surface area contributed by atoms with E-state index in [0.29, 0.717) is 5.69 Å². The van der Waals surface area contributed by atoms with Crippen LogP contribution in [0.4, 0.5) is 5.69 Å². The number of sulfonamides is 1. The molecule has 0 aromatic heterocycles. The number of benzene rings is 2. The van der Waals surface area contributed by atoms with Crippen LogP contribution in [-0.4, -0.2) is 26.4 Å². The fourth-order valence-electron chi connectivity index (χ4n) is 4.58. The molecule has 3 aliphatic rings. The van der Waals surface area contributed by atoms with E-state index in [2.05, 4.69) is 44.9 Å². The zero-order chi connectivity index (χ0) is 18.4. The largest absolute Gasteiger partial charge is 0.375 e. The van der Waals surface area contributed by atoms with E-state index in [4.69, 9.17) is 0 Å². The van der Waals surface area contributed by atoms with Crippen LogP contribution in [-0.2, 0) is 16.4 Å². The van der Waals surface area contributed by atoms with E-state index >= 15 is 0 Å². The SMILES string of the molecule is O=S1(=O)N=Nc2ccccc2C1C1CCN(C2=Cc3ccccc3C2)CC1. The first kappa shape index (κ1) is 16.7. The molecule has 27 heavy (non-hydrogen) atoms. The third-order valence-corrected chi connectivity index (χ3v) is 7.54. The number of nitrogens with zero attached hydrogens (tertiary/aromatic N) is 3. The molecule has 0 amide bonds. The number of hydrogen-bond donors (Lipinski definition) is 0. The summed E-state index contributed by atoms with van der Waals surface area (Å²) in [5.41, 5.74) is 5.52. The highest BCUT2D eigenvalue weighted by Crippen LogP contribution is 2.45. The average molecular weight is 379 g/mol. The molecule has 6 heteroatoms. The van der Waals surface area contributed by atoms with Crippen molar-refractivity contribution in [3.63, 3.8) is 0 Å². The fraction of sp³-hybridized carbons (Fsp3) is 0.333. The van der Waals surface area contributed by atoms with Gasteiger partial charge in [0, 0.05) is 30.8 Å². The van der Waals surface area contributed by atoms with Crippen molar-refractivity contribution < 1.29 is 8.42 Å². The van der Waals surface area contributed by atoms with Gasteiger partial charge in [-0.3, -0.25) is 0 Å². The Morgan fingerprint density at radius 2 is 1.70 bits per heavy atom. The maximum absolute atomic E-state index is 12.6. The molecule has 2 aromatic carbocycles. The van der Waals surface area contributed by atoms with Crippen LogP contribution in [0.15, 0.2) is 63.9 Å². The van der Waals surface area contributed by atoms with Crippen molar-refractivity contribution in [1.82, 2.24) is 4.90 Å². The van der Waals surface area contributed by atoms with Crippen molar-refractivity contribution >= 4 is 21.8 Å². The van der Waals surface area contributed by atoms with Gasteiger partial charge in [-0.2, -0.15) is 0 Å². The van der Waals surface area contributed by atoms with E-state index < -0.39 is 15.3 Å². The molecule has 2 aromatic rings. The zero-order valence-corrected chi connectivity index (χ0v) is 15.8. The van der Waals surface area contributed by atoms with Crippen LogP contribution in [0.1, 0.15) is 34.8 Å². The summed E-state index contributed by atoms with van der Waals surface area (Å²) in [6, 6.07) is 16.0. The van der Waals surface area contributed by atoms with Gasteiger partial charge in [-0.05, 0) is 42.0 Å². The average Bonchev–Trinajstić information content (AvgIpc) is 3.12. The van der Waals surface area contributed by atoms with E-state index in [1.165, 1.54) is 16.8 Å². The van der Waals surface area contributed by atoms with Crippen molar-refractivity contribution in [3.05, 3.63) is 70.9 Å². The van der Waals surface area contributed by atoms with E-state index in [1.807, 2.05) is 24.3 Å². The van der Waals surface area contributed by atoms with Crippen LogP contribution >= 0.6 is 0 Å². The number of piperidine rings is 1. The van der Waals surface area contributed by atoms with Gasteiger partial charge in [0.15, 0.2) is 0 Å². The molecule has 0 saturated carbocycles. The first-order chi connectivity index (χ1) is 13.1. The van der Waals surface area contributed by atoms with E-state index in [-0.39, 0.29) is 5.92 Å². The van der Waals surface area contributed by atoms with Crippen molar-refractivity contribution in [2.45, 2.75) is 24.5 Å². The molecule has 1 aliphatic carbocycles. The molecule has 2 aliphatic heterocycles. The molecule has 0 bridgehead atoms. The van der Waals surface area contributed by atoms with E-state index in [0.717, 1.165) is 37.9 Å². The van der Waals surface area contributed by atoms with Gasteiger partial charge in [-0.15, -0.1) is 5.11 Å². The number of allylic oxidation sites excluding steroid dienone is 1. The second-order valence-electron chi connectivity index (χ2n) is 7.51. The molecule has 0 spiro atoms. The molecule has 1 saturated heterocycles. The van der Waals surface area contributed by atoms with Gasteiger partial charge in [-0.1, -0.05) is 47.0 Å². The Morgan fingerprint density at radius 1 is 0.963 bits per heavy atom. The predicted molar refractivity (Wildman–Crippen MR) is 105 cm³/mol. The van der Waals surface area contributed by atoms with Crippen LogP contribution in [0.25, 0.3) is 6.08 Å². The molecule has 5 rings (SSSR count). The van der Waals surface area contributed by atoms with Crippen LogP contribution < -0.4 is 0 Å². The van der Waals surface area contributed by atoms with Gasteiger partial charge in [-0.25, -0.2) is 8.42 Å². The maximum atomic E-state index is 12.6. The summed E-state index contributed by atoms with van der Waals surface area (Å²) < 4.78 is 28.9. The molecule has 1 atom stereocenters. The lowest BCUT2D eigenvalue weighted by molar-refractivity contribution is 0.220. The first-order valence-electron chi connectivity index (χ1n) is 9.41. The Balaban J connectivity index is 1.35. The minimum Gasteiger partial charge on any atom is -0.375 e. The molecule has 0 N–H and O–H groups in total. The summed E-state index contributed by atoms with van der Waals surface area (Å²) >= 11 is 0. The van der Waals surface area contributed by atoms with Crippen molar-refractivity contribution in [1.29, 1.82) is 0 Å². The summed E-state index contributed by atoms with van der Waals surface area (Å²) in [6.45, 7) is 1.77. The van der Waals surface area contributed by atoms with Crippen LogP contribution in [0.2, 0.25) is 0 Å². The smallest absolute Gasteiger partial charge is 0.277 e. The molecule has 138 valence electrons. The van der Waals surface area contributed by atoms with Crippen LogP contribution in [0.5, 0.6) is 0 Å². The number of likely N-dealkylation sites (tertiary alicyclic amines) is 1. The molecule has 2 heterocycles. The Morgan fingerprint density at radius 3 is 2.52 bits per heavy atom. The third-order valence-electron chi connectivity index (χ3n) is 5.95. The highest BCUT2D eigenvalue weighted by atomic mass is 32.2. The number of rotatable bonds is 2. The highest BCUT2D eigenvalue weighted by Gasteiger charge is 2.40. The summed E-state index contributed by atoms with van der Waals surface area (Å²) in [6.07, 6.45) is 4.94. The predicted octanol–water partition coefficient (Wildman–Crippen LogP) is 4.46. The normalized spacial score (nSPS) is 23.6. The number of hydrogen-bond acceptors (Lipinski definition) is 4.